The molecule has 2 aromatic rings. The molecule has 0 unspecified atom stereocenters. The summed E-state index contributed by atoms with van der Waals surface area (Å²) < 4.78 is 10.7. The van der Waals surface area contributed by atoms with Crippen molar-refractivity contribution >= 4 is 5.82 Å². The Morgan fingerprint density at radius 3 is 2.50 bits per heavy atom. The van der Waals surface area contributed by atoms with Crippen molar-refractivity contribution in [3.8, 4) is 22.9 Å². The first-order chi connectivity index (χ1) is 9.71. The Balaban J connectivity index is 2.59. The van der Waals surface area contributed by atoms with Crippen LogP contribution in [0, 0.1) is 0 Å². The van der Waals surface area contributed by atoms with Gasteiger partial charge in [0.1, 0.15) is 17.3 Å². The van der Waals surface area contributed by atoms with Crippen LogP contribution in [0.25, 0.3) is 11.4 Å². The average molecular weight is 273 g/mol. The molecule has 106 valence electrons. The molecule has 0 amide bonds. The predicted molar refractivity (Wildman–Crippen MR) is 79.5 cm³/mol. The highest BCUT2D eigenvalue weighted by atomic mass is 16.5. The zero-order valence-electron chi connectivity index (χ0n) is 12.2. The predicted octanol–water partition coefficient (Wildman–Crippen LogP) is 2.76. The summed E-state index contributed by atoms with van der Waals surface area (Å²) in [5.74, 6) is 2.89. The zero-order chi connectivity index (χ0) is 14.5. The van der Waals surface area contributed by atoms with Gasteiger partial charge >= 0.3 is 0 Å². The molecule has 0 aliphatic heterocycles. The van der Waals surface area contributed by atoms with Crippen molar-refractivity contribution in [1.29, 1.82) is 0 Å². The minimum absolute atomic E-state index is 0.629. The Bertz CT molecular complexity index is 577. The number of hydrogen-bond acceptors (Lipinski definition) is 5. The third-order valence-electron chi connectivity index (χ3n) is 3.05. The minimum Gasteiger partial charge on any atom is -0.497 e. The van der Waals surface area contributed by atoms with Crippen LogP contribution in [-0.2, 0) is 6.42 Å². The standard InChI is InChI=1S/C15H19N3O2/c1-5-10-8-14(16-2)18-15(17-10)12-9-11(19-3)6-7-13(12)20-4/h6-9H,5H2,1-4H3,(H,16,17,18). The summed E-state index contributed by atoms with van der Waals surface area (Å²) in [5, 5.41) is 3.05. The molecule has 0 aliphatic carbocycles. The van der Waals surface area contributed by atoms with Crippen LogP contribution in [0.2, 0.25) is 0 Å². The van der Waals surface area contributed by atoms with Gasteiger partial charge in [-0.25, -0.2) is 9.97 Å². The number of rotatable bonds is 5. The van der Waals surface area contributed by atoms with Gasteiger partial charge in [-0.2, -0.15) is 0 Å². The minimum atomic E-state index is 0.629. The summed E-state index contributed by atoms with van der Waals surface area (Å²) in [6, 6.07) is 7.53. The van der Waals surface area contributed by atoms with Crippen molar-refractivity contribution in [1.82, 2.24) is 9.97 Å². The van der Waals surface area contributed by atoms with Crippen LogP contribution in [0.1, 0.15) is 12.6 Å². The van der Waals surface area contributed by atoms with E-state index in [1.807, 2.05) is 31.3 Å². The van der Waals surface area contributed by atoms with E-state index in [0.717, 1.165) is 35.0 Å². The van der Waals surface area contributed by atoms with Gasteiger partial charge in [0.15, 0.2) is 5.82 Å². The monoisotopic (exact) mass is 273 g/mol. The van der Waals surface area contributed by atoms with Gasteiger partial charge in [0.25, 0.3) is 0 Å². The summed E-state index contributed by atoms with van der Waals surface area (Å²) in [6.07, 6.45) is 0.844. The zero-order valence-corrected chi connectivity index (χ0v) is 12.2. The molecule has 0 aliphatic rings. The Morgan fingerprint density at radius 1 is 1.10 bits per heavy atom. The second-order valence-corrected chi connectivity index (χ2v) is 4.24. The van der Waals surface area contributed by atoms with Gasteiger partial charge in [0, 0.05) is 18.8 Å². The maximum absolute atomic E-state index is 5.39. The van der Waals surface area contributed by atoms with Gasteiger partial charge in [-0.05, 0) is 24.6 Å². The summed E-state index contributed by atoms with van der Waals surface area (Å²) in [4.78, 5) is 9.06. The first kappa shape index (κ1) is 14.1. The van der Waals surface area contributed by atoms with Gasteiger partial charge in [-0.15, -0.1) is 0 Å². The van der Waals surface area contributed by atoms with Gasteiger partial charge in [0.2, 0.25) is 0 Å². The van der Waals surface area contributed by atoms with Gasteiger partial charge in [-0.3, -0.25) is 0 Å². The Hall–Kier alpha value is -2.30. The number of nitrogens with zero attached hydrogens (tertiary/aromatic N) is 2. The summed E-state index contributed by atoms with van der Waals surface area (Å²) in [5.41, 5.74) is 1.79. The molecule has 5 heteroatoms. The first-order valence-electron chi connectivity index (χ1n) is 6.50. The van der Waals surface area contributed by atoms with E-state index in [0.29, 0.717) is 5.82 Å². The second kappa shape index (κ2) is 6.23. The molecule has 0 saturated carbocycles. The molecule has 2 rings (SSSR count). The number of methoxy groups -OCH3 is 2. The van der Waals surface area contributed by atoms with E-state index in [2.05, 4.69) is 22.2 Å². The number of nitrogens with one attached hydrogen (secondary N) is 1. The van der Waals surface area contributed by atoms with E-state index in [1.165, 1.54) is 0 Å². The number of ether oxygens (including phenoxy) is 2. The third kappa shape index (κ3) is 2.82. The fourth-order valence-corrected chi connectivity index (χ4v) is 1.92. The molecule has 0 fully saturated rings. The smallest absolute Gasteiger partial charge is 0.165 e. The van der Waals surface area contributed by atoms with Crippen LogP contribution in [0.4, 0.5) is 5.82 Å². The largest absolute Gasteiger partial charge is 0.497 e. The van der Waals surface area contributed by atoms with Gasteiger partial charge in [-0.1, -0.05) is 6.92 Å². The lowest BCUT2D eigenvalue weighted by atomic mass is 10.1. The number of benzene rings is 1. The SMILES string of the molecule is CCc1cc(NC)nc(-c2cc(OC)ccc2OC)n1. The number of aryl methyl sites for hydroxylation is 1. The number of anilines is 1. The van der Waals surface area contributed by atoms with E-state index in [9.17, 15) is 0 Å². The molecule has 1 heterocycles. The molecule has 1 N–H and O–H groups in total. The third-order valence-corrected chi connectivity index (χ3v) is 3.05. The number of hydrogen-bond donors (Lipinski definition) is 1. The van der Waals surface area contributed by atoms with E-state index in [4.69, 9.17) is 9.47 Å². The molecule has 0 spiro atoms. The molecule has 0 atom stereocenters. The van der Waals surface area contributed by atoms with Crippen LogP contribution in [0.5, 0.6) is 11.5 Å². The van der Waals surface area contributed by atoms with Crippen LogP contribution >= 0.6 is 0 Å². The molecular formula is C15H19N3O2. The number of aromatic nitrogens is 2. The van der Waals surface area contributed by atoms with Crippen molar-refractivity contribution in [2.24, 2.45) is 0 Å². The molecule has 0 radical (unpaired) electrons. The van der Waals surface area contributed by atoms with Crippen LogP contribution in [0.3, 0.4) is 0 Å². The van der Waals surface area contributed by atoms with Crippen molar-refractivity contribution in [2.75, 3.05) is 26.6 Å². The maximum atomic E-state index is 5.39. The Kier molecular flexibility index (Phi) is 4.40. The summed E-state index contributed by atoms with van der Waals surface area (Å²) >= 11 is 0. The fraction of sp³-hybridized carbons (Fsp3) is 0.333. The lowest BCUT2D eigenvalue weighted by Gasteiger charge is -2.11. The van der Waals surface area contributed by atoms with Crippen molar-refractivity contribution in [3.05, 3.63) is 30.0 Å². The molecular weight excluding hydrogens is 254 g/mol. The molecule has 1 aromatic carbocycles. The van der Waals surface area contributed by atoms with Crippen LogP contribution < -0.4 is 14.8 Å². The van der Waals surface area contributed by atoms with E-state index >= 15 is 0 Å². The topological polar surface area (TPSA) is 56.3 Å². The molecule has 5 nitrogen and oxygen atoms in total. The fourth-order valence-electron chi connectivity index (χ4n) is 1.92. The van der Waals surface area contributed by atoms with E-state index < -0.39 is 0 Å². The highest BCUT2D eigenvalue weighted by molar-refractivity contribution is 5.67. The summed E-state index contributed by atoms with van der Waals surface area (Å²) in [6.45, 7) is 2.06. The molecule has 0 bridgehead atoms. The van der Waals surface area contributed by atoms with E-state index in [-0.39, 0.29) is 0 Å². The second-order valence-electron chi connectivity index (χ2n) is 4.24. The highest BCUT2D eigenvalue weighted by Crippen LogP contribution is 2.32. The molecule has 20 heavy (non-hydrogen) atoms. The van der Waals surface area contributed by atoms with Crippen LogP contribution in [-0.4, -0.2) is 31.2 Å². The molecule has 1 aromatic heterocycles. The van der Waals surface area contributed by atoms with Crippen molar-refractivity contribution in [3.63, 3.8) is 0 Å². The van der Waals surface area contributed by atoms with Crippen molar-refractivity contribution < 1.29 is 9.47 Å². The van der Waals surface area contributed by atoms with E-state index in [1.54, 1.807) is 14.2 Å². The average Bonchev–Trinajstić information content (AvgIpc) is 2.53. The van der Waals surface area contributed by atoms with Crippen molar-refractivity contribution in [2.45, 2.75) is 13.3 Å². The summed E-state index contributed by atoms with van der Waals surface area (Å²) in [7, 11) is 5.11. The van der Waals surface area contributed by atoms with Gasteiger partial charge < -0.3 is 14.8 Å². The van der Waals surface area contributed by atoms with Crippen LogP contribution in [0.15, 0.2) is 24.3 Å². The van der Waals surface area contributed by atoms with Gasteiger partial charge in [0.05, 0.1) is 19.8 Å². The lowest BCUT2D eigenvalue weighted by molar-refractivity contribution is 0.404. The maximum Gasteiger partial charge on any atom is 0.165 e. The highest BCUT2D eigenvalue weighted by Gasteiger charge is 2.12. The Labute approximate surface area is 119 Å². The first-order valence-corrected chi connectivity index (χ1v) is 6.50. The normalized spacial score (nSPS) is 10.2. The quantitative estimate of drug-likeness (QED) is 0.907. The Morgan fingerprint density at radius 2 is 1.90 bits per heavy atom. The molecule has 0 saturated heterocycles. The lowest BCUT2D eigenvalue weighted by Crippen LogP contribution is -2.01.